The highest BCUT2D eigenvalue weighted by molar-refractivity contribution is 6.31. The zero-order chi connectivity index (χ0) is 16.4. The fraction of sp³-hybridized carbons (Fsp3) is 0.316. The Hall–Kier alpha value is -2.00. The first-order chi connectivity index (χ1) is 10.9. The molecular weight excluding hydrogens is 310 g/mol. The van der Waals surface area contributed by atoms with Crippen LogP contribution in [0.5, 0.6) is 5.75 Å². The second-order valence-electron chi connectivity index (χ2n) is 6.49. The fourth-order valence-electron chi connectivity index (χ4n) is 2.99. The van der Waals surface area contributed by atoms with E-state index in [0.717, 1.165) is 23.3 Å². The van der Waals surface area contributed by atoms with Gasteiger partial charge in [-0.05, 0) is 31.5 Å². The number of hydrogen-bond donors (Lipinski definition) is 1. The molecule has 0 saturated heterocycles. The van der Waals surface area contributed by atoms with Gasteiger partial charge in [-0.15, -0.1) is 0 Å². The molecule has 1 atom stereocenters. The van der Waals surface area contributed by atoms with Crippen LogP contribution in [0.25, 0.3) is 0 Å². The lowest BCUT2D eigenvalue weighted by Crippen LogP contribution is -2.41. The fourth-order valence-corrected chi connectivity index (χ4v) is 3.19. The summed E-state index contributed by atoms with van der Waals surface area (Å²) in [6, 6.07) is 15.2. The molecule has 23 heavy (non-hydrogen) atoms. The molecule has 0 saturated carbocycles. The van der Waals surface area contributed by atoms with E-state index in [1.54, 1.807) is 6.07 Å². The van der Waals surface area contributed by atoms with Crippen LogP contribution in [0.1, 0.15) is 37.4 Å². The molecule has 0 aliphatic carbocycles. The Labute approximate surface area is 141 Å². The molecule has 1 aliphatic rings. The monoisotopic (exact) mass is 329 g/mol. The van der Waals surface area contributed by atoms with Gasteiger partial charge in [-0.3, -0.25) is 4.79 Å². The molecule has 0 fully saturated rings. The third kappa shape index (κ3) is 3.67. The van der Waals surface area contributed by atoms with E-state index in [2.05, 4.69) is 5.32 Å². The lowest BCUT2D eigenvalue weighted by molar-refractivity contribution is -0.121. The first-order valence-electron chi connectivity index (χ1n) is 7.75. The van der Waals surface area contributed by atoms with Gasteiger partial charge in [-0.25, -0.2) is 0 Å². The molecule has 1 aliphatic heterocycles. The Morgan fingerprint density at radius 2 is 1.91 bits per heavy atom. The van der Waals surface area contributed by atoms with Crippen molar-refractivity contribution >= 4 is 17.5 Å². The molecule has 1 N–H and O–H groups in total. The SMILES string of the molecule is CC1(C)CC(NC(=O)Cc2ccccc2Cl)c2ccccc2O1. The van der Waals surface area contributed by atoms with Crippen molar-refractivity contribution < 1.29 is 9.53 Å². The Morgan fingerprint density at radius 1 is 1.22 bits per heavy atom. The number of rotatable bonds is 3. The molecule has 1 amide bonds. The largest absolute Gasteiger partial charge is 0.487 e. The molecule has 3 nitrogen and oxygen atoms in total. The van der Waals surface area contributed by atoms with Crippen molar-refractivity contribution in [2.45, 2.75) is 38.3 Å². The minimum Gasteiger partial charge on any atom is -0.487 e. The van der Waals surface area contributed by atoms with Crippen LogP contribution in [-0.2, 0) is 11.2 Å². The number of halogens is 1. The van der Waals surface area contributed by atoms with Gasteiger partial charge in [0.2, 0.25) is 5.91 Å². The smallest absolute Gasteiger partial charge is 0.224 e. The summed E-state index contributed by atoms with van der Waals surface area (Å²) in [6.07, 6.45) is 1.01. The first kappa shape index (κ1) is 15.9. The van der Waals surface area contributed by atoms with Crippen LogP contribution in [0, 0.1) is 0 Å². The van der Waals surface area contributed by atoms with Gasteiger partial charge in [0.15, 0.2) is 0 Å². The second-order valence-corrected chi connectivity index (χ2v) is 6.90. The zero-order valence-electron chi connectivity index (χ0n) is 13.3. The molecule has 4 heteroatoms. The average Bonchev–Trinajstić information content (AvgIpc) is 2.48. The van der Waals surface area contributed by atoms with E-state index in [1.807, 2.05) is 56.3 Å². The van der Waals surface area contributed by atoms with Crippen LogP contribution in [0.15, 0.2) is 48.5 Å². The minimum absolute atomic E-state index is 0.0318. The van der Waals surface area contributed by atoms with E-state index in [-0.39, 0.29) is 24.0 Å². The molecule has 120 valence electrons. The number of carbonyl (C=O) groups is 1. The zero-order valence-corrected chi connectivity index (χ0v) is 14.1. The van der Waals surface area contributed by atoms with E-state index in [9.17, 15) is 4.79 Å². The van der Waals surface area contributed by atoms with Crippen LogP contribution in [-0.4, -0.2) is 11.5 Å². The van der Waals surface area contributed by atoms with E-state index < -0.39 is 0 Å². The molecule has 0 spiro atoms. The van der Waals surface area contributed by atoms with Gasteiger partial charge >= 0.3 is 0 Å². The van der Waals surface area contributed by atoms with Gasteiger partial charge in [0.1, 0.15) is 11.4 Å². The number of nitrogens with one attached hydrogen (secondary N) is 1. The molecule has 2 aromatic rings. The van der Waals surface area contributed by atoms with E-state index in [4.69, 9.17) is 16.3 Å². The number of fused-ring (bicyclic) bond motifs is 1. The first-order valence-corrected chi connectivity index (χ1v) is 8.13. The molecule has 0 bridgehead atoms. The van der Waals surface area contributed by atoms with E-state index in [1.165, 1.54) is 0 Å². The van der Waals surface area contributed by atoms with Crippen LogP contribution >= 0.6 is 11.6 Å². The second kappa shape index (κ2) is 6.25. The predicted octanol–water partition coefficient (Wildman–Crippen LogP) is 4.30. The Bertz CT molecular complexity index is 727. The molecule has 1 unspecified atom stereocenters. The number of hydrogen-bond acceptors (Lipinski definition) is 2. The van der Waals surface area contributed by atoms with Crippen molar-refractivity contribution in [1.82, 2.24) is 5.32 Å². The van der Waals surface area contributed by atoms with Gasteiger partial charge in [-0.2, -0.15) is 0 Å². The molecular formula is C19H20ClNO2. The molecule has 0 radical (unpaired) electrons. The summed E-state index contributed by atoms with van der Waals surface area (Å²) in [5, 5.41) is 3.75. The summed E-state index contributed by atoms with van der Waals surface area (Å²) in [6.45, 7) is 4.08. The summed E-state index contributed by atoms with van der Waals surface area (Å²) >= 11 is 6.14. The van der Waals surface area contributed by atoms with Gasteiger partial charge in [0.05, 0.1) is 12.5 Å². The van der Waals surface area contributed by atoms with Gasteiger partial charge < -0.3 is 10.1 Å². The number of ether oxygens (including phenoxy) is 1. The maximum atomic E-state index is 12.4. The minimum atomic E-state index is -0.309. The topological polar surface area (TPSA) is 38.3 Å². The van der Waals surface area contributed by atoms with Crippen LogP contribution in [0.4, 0.5) is 0 Å². The highest BCUT2D eigenvalue weighted by Crippen LogP contribution is 2.39. The number of carbonyl (C=O) groups excluding carboxylic acids is 1. The highest BCUT2D eigenvalue weighted by Gasteiger charge is 2.34. The maximum Gasteiger partial charge on any atom is 0.224 e. The molecule has 2 aromatic carbocycles. The Balaban J connectivity index is 1.77. The third-order valence-electron chi connectivity index (χ3n) is 4.02. The van der Waals surface area contributed by atoms with Crippen molar-refractivity contribution in [3.8, 4) is 5.75 Å². The van der Waals surface area contributed by atoms with Crippen molar-refractivity contribution in [3.05, 3.63) is 64.7 Å². The lowest BCUT2D eigenvalue weighted by atomic mass is 9.89. The quantitative estimate of drug-likeness (QED) is 0.911. The molecule has 1 heterocycles. The predicted molar refractivity (Wildman–Crippen MR) is 91.8 cm³/mol. The summed E-state index contributed by atoms with van der Waals surface area (Å²) in [4.78, 5) is 12.4. The standard InChI is InChI=1S/C19H20ClNO2/c1-19(2)12-16(14-8-4-6-10-17(14)23-19)21-18(22)11-13-7-3-5-9-15(13)20/h3-10,16H,11-12H2,1-2H3,(H,21,22). The van der Waals surface area contributed by atoms with Crippen LogP contribution in [0.2, 0.25) is 5.02 Å². The molecule has 0 aromatic heterocycles. The van der Waals surface area contributed by atoms with Crippen molar-refractivity contribution in [2.24, 2.45) is 0 Å². The summed E-state index contributed by atoms with van der Waals surface area (Å²) in [5.41, 5.74) is 1.56. The highest BCUT2D eigenvalue weighted by atomic mass is 35.5. The van der Waals surface area contributed by atoms with Gasteiger partial charge in [-0.1, -0.05) is 48.0 Å². The average molecular weight is 330 g/mol. The number of para-hydroxylation sites is 1. The Kier molecular flexibility index (Phi) is 4.31. The molecule has 3 rings (SSSR count). The van der Waals surface area contributed by atoms with Crippen molar-refractivity contribution in [3.63, 3.8) is 0 Å². The summed E-state index contributed by atoms with van der Waals surface area (Å²) in [7, 11) is 0. The van der Waals surface area contributed by atoms with E-state index >= 15 is 0 Å². The summed E-state index contributed by atoms with van der Waals surface area (Å²) < 4.78 is 6.00. The van der Waals surface area contributed by atoms with Gasteiger partial charge in [0, 0.05) is 17.0 Å². The number of amides is 1. The van der Waals surface area contributed by atoms with Crippen molar-refractivity contribution in [2.75, 3.05) is 0 Å². The van der Waals surface area contributed by atoms with Gasteiger partial charge in [0.25, 0.3) is 0 Å². The lowest BCUT2D eigenvalue weighted by Gasteiger charge is -2.37. The van der Waals surface area contributed by atoms with E-state index in [0.29, 0.717) is 5.02 Å². The number of benzene rings is 2. The maximum absolute atomic E-state index is 12.4. The van der Waals surface area contributed by atoms with Crippen molar-refractivity contribution in [1.29, 1.82) is 0 Å². The third-order valence-corrected chi connectivity index (χ3v) is 4.39. The van der Waals surface area contributed by atoms with Crippen LogP contribution < -0.4 is 10.1 Å². The van der Waals surface area contributed by atoms with Crippen LogP contribution in [0.3, 0.4) is 0 Å². The Morgan fingerprint density at radius 3 is 2.70 bits per heavy atom. The summed E-state index contributed by atoms with van der Waals surface area (Å²) in [5.74, 6) is 0.808. The normalized spacial score (nSPS) is 18.7.